The minimum absolute atomic E-state index is 0.213. The van der Waals surface area contributed by atoms with Crippen LogP contribution in [0.4, 0.5) is 30.5 Å². The molecule has 0 radical (unpaired) electrons. The molecule has 4 rings (SSSR count). The number of halogens is 3. The largest absolute Gasteiger partial charge is 0.417 e. The highest BCUT2D eigenvalue weighted by Crippen LogP contribution is 2.38. The molecular weight excluding hydrogens is 319 g/mol. The quantitative estimate of drug-likeness (QED) is 0.867. The van der Waals surface area contributed by atoms with Gasteiger partial charge in [0.2, 0.25) is 0 Å². The summed E-state index contributed by atoms with van der Waals surface area (Å²) in [5, 5.41) is 3.35. The third kappa shape index (κ3) is 2.56. The van der Waals surface area contributed by atoms with Gasteiger partial charge in [0.15, 0.2) is 5.82 Å². The normalized spacial score (nSPS) is 20.5. The van der Waals surface area contributed by atoms with Gasteiger partial charge in [0.05, 0.1) is 17.3 Å². The summed E-state index contributed by atoms with van der Waals surface area (Å²) in [5.41, 5.74) is 0.138. The smallest absolute Gasteiger partial charge is 0.348 e. The molecule has 2 aromatic rings. The summed E-state index contributed by atoms with van der Waals surface area (Å²) in [6, 6.07) is 6.47. The monoisotopic (exact) mass is 335 g/mol. The summed E-state index contributed by atoms with van der Waals surface area (Å²) in [4.78, 5) is 12.7. The number of nitrogens with zero attached hydrogens (tertiary/aromatic N) is 4. The number of fused-ring (bicyclic) bond motifs is 3. The van der Waals surface area contributed by atoms with E-state index in [4.69, 9.17) is 0 Å². The minimum atomic E-state index is -4.38. The van der Waals surface area contributed by atoms with Crippen LogP contribution in [0, 0.1) is 0 Å². The van der Waals surface area contributed by atoms with Crippen LogP contribution in [-0.4, -0.2) is 42.2 Å². The van der Waals surface area contributed by atoms with Gasteiger partial charge in [-0.15, -0.1) is 0 Å². The number of piperazine rings is 1. The first-order chi connectivity index (χ1) is 11.5. The Hall–Kier alpha value is -2.35. The maximum Gasteiger partial charge on any atom is 0.417 e. The molecule has 1 atom stereocenters. The van der Waals surface area contributed by atoms with E-state index in [1.807, 2.05) is 17.0 Å². The number of hydrogen-bond donors (Lipinski definition) is 1. The van der Waals surface area contributed by atoms with Crippen LogP contribution in [0.3, 0.4) is 0 Å². The summed E-state index contributed by atoms with van der Waals surface area (Å²) in [5.74, 6) is 1.36. The summed E-state index contributed by atoms with van der Waals surface area (Å²) in [6.45, 7) is 3.23. The van der Waals surface area contributed by atoms with E-state index in [0.29, 0.717) is 12.4 Å². The summed E-state index contributed by atoms with van der Waals surface area (Å²) in [7, 11) is 0. The van der Waals surface area contributed by atoms with E-state index >= 15 is 0 Å². The second-order valence-corrected chi connectivity index (χ2v) is 5.91. The van der Waals surface area contributed by atoms with E-state index in [1.54, 1.807) is 6.20 Å². The van der Waals surface area contributed by atoms with Crippen molar-refractivity contribution >= 4 is 17.3 Å². The summed E-state index contributed by atoms with van der Waals surface area (Å²) >= 11 is 0. The maximum absolute atomic E-state index is 12.7. The molecule has 1 saturated heterocycles. The Labute approximate surface area is 137 Å². The number of hydrogen-bond acceptors (Lipinski definition) is 5. The molecule has 4 heterocycles. The number of rotatable bonds is 1. The fourth-order valence-corrected chi connectivity index (χ4v) is 3.26. The van der Waals surface area contributed by atoms with Gasteiger partial charge < -0.3 is 15.1 Å². The van der Waals surface area contributed by atoms with Crippen LogP contribution < -0.4 is 15.1 Å². The van der Waals surface area contributed by atoms with Crippen molar-refractivity contribution in [3.8, 4) is 0 Å². The van der Waals surface area contributed by atoms with E-state index in [1.165, 1.54) is 6.07 Å². The maximum atomic E-state index is 12.7. The Kier molecular flexibility index (Phi) is 3.56. The van der Waals surface area contributed by atoms with Crippen molar-refractivity contribution in [2.75, 3.05) is 36.0 Å². The molecule has 2 aromatic heterocycles. The lowest BCUT2D eigenvalue weighted by atomic mass is 10.1. The Bertz CT molecular complexity index is 731. The van der Waals surface area contributed by atoms with Crippen molar-refractivity contribution < 1.29 is 13.2 Å². The van der Waals surface area contributed by atoms with E-state index in [2.05, 4.69) is 20.2 Å². The van der Waals surface area contributed by atoms with Gasteiger partial charge in [-0.05, 0) is 24.3 Å². The minimum Gasteiger partial charge on any atom is -0.348 e. The highest BCUT2D eigenvalue weighted by molar-refractivity contribution is 5.76. The Morgan fingerprint density at radius 1 is 1.17 bits per heavy atom. The number of alkyl halides is 3. The zero-order valence-corrected chi connectivity index (χ0v) is 12.8. The van der Waals surface area contributed by atoms with Gasteiger partial charge in [0.1, 0.15) is 5.82 Å². The lowest BCUT2D eigenvalue weighted by Gasteiger charge is -2.45. The zero-order valence-electron chi connectivity index (χ0n) is 12.8. The van der Waals surface area contributed by atoms with Gasteiger partial charge in [-0.3, -0.25) is 0 Å². The lowest BCUT2D eigenvalue weighted by Crippen LogP contribution is -2.58. The lowest BCUT2D eigenvalue weighted by molar-refractivity contribution is -0.137. The summed E-state index contributed by atoms with van der Waals surface area (Å²) in [6.07, 6.45) is -1.75. The topological polar surface area (TPSA) is 44.3 Å². The second kappa shape index (κ2) is 5.62. The molecular formula is C16H16F3N5. The third-order valence-electron chi connectivity index (χ3n) is 4.42. The van der Waals surface area contributed by atoms with Crippen LogP contribution >= 0.6 is 0 Å². The van der Waals surface area contributed by atoms with Gasteiger partial charge >= 0.3 is 6.18 Å². The zero-order chi connectivity index (χ0) is 16.7. The van der Waals surface area contributed by atoms with Crippen molar-refractivity contribution in [2.45, 2.75) is 12.2 Å². The van der Waals surface area contributed by atoms with E-state index in [0.717, 1.165) is 43.4 Å². The molecule has 0 bridgehead atoms. The predicted molar refractivity (Wildman–Crippen MR) is 84.5 cm³/mol. The fraction of sp³-hybridized carbons (Fsp3) is 0.375. The van der Waals surface area contributed by atoms with E-state index in [9.17, 15) is 13.2 Å². The molecule has 0 spiro atoms. The molecule has 0 amide bonds. The third-order valence-corrected chi connectivity index (χ3v) is 4.42. The Balaban J connectivity index is 1.72. The molecule has 1 N–H and O–H groups in total. The highest BCUT2D eigenvalue weighted by Gasteiger charge is 2.35. The predicted octanol–water partition coefficient (Wildman–Crippen LogP) is 2.43. The molecule has 1 unspecified atom stereocenters. The summed E-state index contributed by atoms with van der Waals surface area (Å²) < 4.78 is 38.2. The average molecular weight is 335 g/mol. The number of nitrogens with one attached hydrogen (secondary N) is 1. The van der Waals surface area contributed by atoms with Gasteiger partial charge in [-0.25, -0.2) is 9.97 Å². The van der Waals surface area contributed by atoms with Crippen LogP contribution in [0.2, 0.25) is 0 Å². The van der Waals surface area contributed by atoms with Crippen molar-refractivity contribution in [1.82, 2.24) is 15.3 Å². The molecule has 0 aromatic carbocycles. The number of aromatic nitrogens is 2. The van der Waals surface area contributed by atoms with Crippen LogP contribution in [0.5, 0.6) is 0 Å². The van der Waals surface area contributed by atoms with Crippen molar-refractivity contribution in [2.24, 2.45) is 0 Å². The molecule has 0 aliphatic carbocycles. The van der Waals surface area contributed by atoms with Crippen LogP contribution in [0.1, 0.15) is 5.56 Å². The van der Waals surface area contributed by atoms with Gasteiger partial charge in [0.25, 0.3) is 0 Å². The molecule has 0 saturated carbocycles. The van der Waals surface area contributed by atoms with Gasteiger partial charge in [0, 0.05) is 38.6 Å². The second-order valence-electron chi connectivity index (χ2n) is 5.91. The van der Waals surface area contributed by atoms with Crippen LogP contribution in [0.15, 0.2) is 36.7 Å². The Morgan fingerprint density at radius 2 is 2.04 bits per heavy atom. The molecule has 8 heteroatoms. The SMILES string of the molecule is FC(F)(F)c1ccc(N2CC3CNCCN3c3ncccc32)nc1. The van der Waals surface area contributed by atoms with Crippen molar-refractivity contribution in [3.63, 3.8) is 0 Å². The number of anilines is 3. The first kappa shape index (κ1) is 15.2. The molecule has 1 fully saturated rings. The van der Waals surface area contributed by atoms with Crippen LogP contribution in [0.25, 0.3) is 0 Å². The first-order valence-electron chi connectivity index (χ1n) is 7.77. The molecule has 2 aliphatic heterocycles. The highest BCUT2D eigenvalue weighted by atomic mass is 19.4. The molecule has 126 valence electrons. The Morgan fingerprint density at radius 3 is 2.79 bits per heavy atom. The van der Waals surface area contributed by atoms with Crippen molar-refractivity contribution in [1.29, 1.82) is 0 Å². The number of pyridine rings is 2. The van der Waals surface area contributed by atoms with Gasteiger partial charge in [-0.2, -0.15) is 13.2 Å². The fourth-order valence-electron chi connectivity index (χ4n) is 3.26. The van der Waals surface area contributed by atoms with E-state index in [-0.39, 0.29) is 6.04 Å². The first-order valence-corrected chi connectivity index (χ1v) is 7.77. The van der Waals surface area contributed by atoms with Crippen LogP contribution in [-0.2, 0) is 6.18 Å². The van der Waals surface area contributed by atoms with Gasteiger partial charge in [-0.1, -0.05) is 0 Å². The van der Waals surface area contributed by atoms with Crippen molar-refractivity contribution in [3.05, 3.63) is 42.2 Å². The van der Waals surface area contributed by atoms with E-state index < -0.39 is 11.7 Å². The average Bonchev–Trinajstić information content (AvgIpc) is 2.60. The molecule has 2 aliphatic rings. The molecule has 5 nitrogen and oxygen atoms in total. The molecule has 24 heavy (non-hydrogen) atoms. The standard InChI is InChI=1S/C16H16F3N5/c17-16(18,19)11-3-4-14(22-8-11)24-10-12-9-20-6-7-23(12)15-13(24)2-1-5-21-15/h1-5,8,12,20H,6-7,9-10H2.